The van der Waals surface area contributed by atoms with E-state index in [2.05, 4.69) is 21.8 Å². The van der Waals surface area contributed by atoms with Gasteiger partial charge in [0.1, 0.15) is 0 Å². The molecule has 1 rings (SSSR count). The highest BCUT2D eigenvalue weighted by Gasteiger charge is 1.88. The van der Waals surface area contributed by atoms with Crippen molar-refractivity contribution in [2.45, 2.75) is 0 Å². The second-order valence-electron chi connectivity index (χ2n) is 1.63. The van der Waals surface area contributed by atoms with Gasteiger partial charge in [0, 0.05) is 12.4 Å². The number of hydrogen-bond acceptors (Lipinski definition) is 3. The number of aromatic nitrogens is 2. The predicted molar refractivity (Wildman–Crippen MR) is 40.0 cm³/mol. The summed E-state index contributed by atoms with van der Waals surface area (Å²) in [5.74, 6) is 4.75. The van der Waals surface area contributed by atoms with Gasteiger partial charge in [-0.2, -0.15) is 0 Å². The highest BCUT2D eigenvalue weighted by atomic mass is 35.5. The third-order valence-corrected chi connectivity index (χ3v) is 1.09. The van der Waals surface area contributed by atoms with Crippen molar-refractivity contribution in [3.8, 4) is 11.8 Å². The molecule has 0 saturated carbocycles. The molecule has 0 atom stereocenters. The minimum absolute atomic E-state index is 0.168. The number of aldehydes is 1. The van der Waals surface area contributed by atoms with Crippen LogP contribution in [0.1, 0.15) is 5.56 Å². The van der Waals surface area contributed by atoms with E-state index < -0.39 is 0 Å². The Labute approximate surface area is 68.4 Å². The molecular weight excluding hydrogens is 164 g/mol. The van der Waals surface area contributed by atoms with E-state index >= 15 is 0 Å². The van der Waals surface area contributed by atoms with E-state index in [1.807, 2.05) is 0 Å². The maximum absolute atomic E-state index is 9.80. The number of rotatable bonds is 0. The minimum atomic E-state index is 0.168. The largest absolute Gasteiger partial charge is 0.289 e. The summed E-state index contributed by atoms with van der Waals surface area (Å²) < 4.78 is 0. The lowest BCUT2D eigenvalue weighted by atomic mass is 10.3. The summed E-state index contributed by atoms with van der Waals surface area (Å²) in [6, 6.07) is 0. The number of nitrogens with zero attached hydrogens (tertiary/aromatic N) is 2. The smallest absolute Gasteiger partial charge is 0.222 e. The first-order chi connectivity index (χ1) is 5.33. The molecule has 0 aromatic carbocycles. The predicted octanol–water partition coefficient (Wildman–Crippen LogP) is 0.680. The van der Waals surface area contributed by atoms with Crippen molar-refractivity contribution in [2.24, 2.45) is 0 Å². The molecule has 0 bridgehead atoms. The van der Waals surface area contributed by atoms with Crippen LogP contribution in [0.2, 0.25) is 5.28 Å². The molecule has 0 spiro atoms. The van der Waals surface area contributed by atoms with Crippen molar-refractivity contribution in [1.29, 1.82) is 0 Å². The maximum atomic E-state index is 9.80. The molecule has 0 unspecified atom stereocenters. The topological polar surface area (TPSA) is 42.9 Å². The van der Waals surface area contributed by atoms with E-state index in [1.54, 1.807) is 0 Å². The lowest BCUT2D eigenvalue weighted by molar-refractivity contribution is -0.103. The summed E-state index contributed by atoms with van der Waals surface area (Å²) in [6.45, 7) is 0. The number of hydrogen-bond donors (Lipinski definition) is 0. The molecule has 0 aliphatic carbocycles. The number of carbonyl (C=O) groups excluding carboxylic acids is 1. The molecule has 4 heteroatoms. The van der Waals surface area contributed by atoms with Crippen molar-refractivity contribution < 1.29 is 4.79 Å². The van der Waals surface area contributed by atoms with Crippen molar-refractivity contribution >= 4 is 17.9 Å². The summed E-state index contributed by atoms with van der Waals surface area (Å²) in [4.78, 5) is 17.1. The number of halogens is 1. The van der Waals surface area contributed by atoms with Crippen molar-refractivity contribution in [3.63, 3.8) is 0 Å². The average Bonchev–Trinajstić information content (AvgIpc) is 2.04. The Balaban J connectivity index is 2.90. The van der Waals surface area contributed by atoms with E-state index in [-0.39, 0.29) is 5.28 Å². The second kappa shape index (κ2) is 3.69. The molecular formula is C7H3ClN2O. The second-order valence-corrected chi connectivity index (χ2v) is 1.97. The fourth-order valence-electron chi connectivity index (χ4n) is 0.490. The Morgan fingerprint density at radius 1 is 1.45 bits per heavy atom. The van der Waals surface area contributed by atoms with Gasteiger partial charge in [0.2, 0.25) is 5.28 Å². The summed E-state index contributed by atoms with van der Waals surface area (Å²) >= 11 is 5.41. The van der Waals surface area contributed by atoms with E-state index in [0.717, 1.165) is 0 Å². The molecule has 0 radical (unpaired) electrons. The zero-order valence-electron chi connectivity index (χ0n) is 5.41. The van der Waals surface area contributed by atoms with E-state index in [0.29, 0.717) is 11.8 Å². The Morgan fingerprint density at radius 2 is 2.09 bits per heavy atom. The molecule has 1 aromatic rings. The van der Waals surface area contributed by atoms with Gasteiger partial charge < -0.3 is 0 Å². The van der Waals surface area contributed by atoms with Gasteiger partial charge in [-0.1, -0.05) is 5.92 Å². The highest BCUT2D eigenvalue weighted by molar-refractivity contribution is 6.28. The molecule has 54 valence electrons. The average molecular weight is 167 g/mol. The molecule has 1 aromatic heterocycles. The summed E-state index contributed by atoms with van der Waals surface area (Å²) in [5, 5.41) is 0.168. The van der Waals surface area contributed by atoms with Gasteiger partial charge in [-0.05, 0) is 17.5 Å². The van der Waals surface area contributed by atoms with Crippen molar-refractivity contribution in [1.82, 2.24) is 9.97 Å². The molecule has 0 amide bonds. The van der Waals surface area contributed by atoms with Crippen LogP contribution in [0, 0.1) is 11.8 Å². The first kappa shape index (κ1) is 7.70. The molecule has 11 heavy (non-hydrogen) atoms. The lowest BCUT2D eigenvalue weighted by Gasteiger charge is -1.86. The van der Waals surface area contributed by atoms with Crippen LogP contribution >= 0.6 is 11.6 Å². The van der Waals surface area contributed by atoms with Crippen LogP contribution < -0.4 is 0 Å². The Bertz CT molecular complexity index is 309. The first-order valence-corrected chi connectivity index (χ1v) is 3.13. The summed E-state index contributed by atoms with van der Waals surface area (Å²) in [7, 11) is 0. The highest BCUT2D eigenvalue weighted by Crippen LogP contribution is 1.98. The lowest BCUT2D eigenvalue weighted by Crippen LogP contribution is -1.82. The van der Waals surface area contributed by atoms with Crippen LogP contribution in [0.15, 0.2) is 12.4 Å². The van der Waals surface area contributed by atoms with Gasteiger partial charge in [-0.25, -0.2) is 9.97 Å². The van der Waals surface area contributed by atoms with Gasteiger partial charge in [-0.3, -0.25) is 4.79 Å². The first-order valence-electron chi connectivity index (χ1n) is 2.75. The molecule has 0 aliphatic heterocycles. The number of carbonyl (C=O) groups is 1. The maximum Gasteiger partial charge on any atom is 0.222 e. The quantitative estimate of drug-likeness (QED) is 0.323. The van der Waals surface area contributed by atoms with Crippen LogP contribution in [0.5, 0.6) is 0 Å². The van der Waals surface area contributed by atoms with Gasteiger partial charge in [-0.15, -0.1) is 0 Å². The fourth-order valence-corrected chi connectivity index (χ4v) is 0.587. The van der Waals surface area contributed by atoms with E-state index in [9.17, 15) is 4.79 Å². The standard InChI is InChI=1S/C7H3ClN2O/c8-7-9-4-6(5-10-7)2-1-3-11/h3-5H. The van der Waals surface area contributed by atoms with Crippen LogP contribution in [0.3, 0.4) is 0 Å². The third kappa shape index (κ3) is 2.36. The SMILES string of the molecule is O=CC#Cc1cnc(Cl)nc1. The van der Waals surface area contributed by atoms with Crippen LogP contribution in [-0.2, 0) is 4.79 Å². The molecule has 3 nitrogen and oxygen atoms in total. The van der Waals surface area contributed by atoms with Gasteiger partial charge >= 0.3 is 0 Å². The van der Waals surface area contributed by atoms with Crippen LogP contribution in [-0.4, -0.2) is 16.3 Å². The third-order valence-electron chi connectivity index (χ3n) is 0.896. The van der Waals surface area contributed by atoms with Gasteiger partial charge in [0.15, 0.2) is 6.29 Å². The fraction of sp³-hybridized carbons (Fsp3) is 0. The Morgan fingerprint density at radius 3 is 2.64 bits per heavy atom. The van der Waals surface area contributed by atoms with Gasteiger partial charge in [0.25, 0.3) is 0 Å². The van der Waals surface area contributed by atoms with E-state index in [1.165, 1.54) is 12.4 Å². The summed E-state index contributed by atoms with van der Waals surface area (Å²) in [6.07, 6.45) is 3.41. The molecule has 0 fully saturated rings. The molecule has 0 saturated heterocycles. The monoisotopic (exact) mass is 166 g/mol. The van der Waals surface area contributed by atoms with Gasteiger partial charge in [0.05, 0.1) is 5.56 Å². The summed E-state index contributed by atoms with van der Waals surface area (Å²) in [5.41, 5.74) is 0.571. The Hall–Kier alpha value is -1.40. The Kier molecular flexibility index (Phi) is 2.59. The molecule has 0 N–H and O–H groups in total. The van der Waals surface area contributed by atoms with Crippen molar-refractivity contribution in [3.05, 3.63) is 23.2 Å². The van der Waals surface area contributed by atoms with Crippen LogP contribution in [0.25, 0.3) is 0 Å². The molecule has 0 aliphatic rings. The molecule has 1 heterocycles. The van der Waals surface area contributed by atoms with E-state index in [4.69, 9.17) is 11.6 Å². The zero-order valence-corrected chi connectivity index (χ0v) is 6.17. The zero-order chi connectivity index (χ0) is 8.10. The van der Waals surface area contributed by atoms with Crippen LogP contribution in [0.4, 0.5) is 0 Å². The van der Waals surface area contributed by atoms with Crippen molar-refractivity contribution in [2.75, 3.05) is 0 Å². The normalized spacial score (nSPS) is 8.09. The minimum Gasteiger partial charge on any atom is -0.289 e.